The van der Waals surface area contributed by atoms with Gasteiger partial charge in [0.05, 0.1) is 26.7 Å². The van der Waals surface area contributed by atoms with Crippen molar-refractivity contribution in [1.29, 1.82) is 0 Å². The van der Waals surface area contributed by atoms with Gasteiger partial charge >= 0.3 is 0 Å². The van der Waals surface area contributed by atoms with Gasteiger partial charge in [0.2, 0.25) is 0 Å². The van der Waals surface area contributed by atoms with E-state index in [1.54, 1.807) is 31.5 Å². The number of halogens is 1. The molecule has 2 aromatic rings. The predicted octanol–water partition coefficient (Wildman–Crippen LogP) is 3.14. The average molecular weight is 362 g/mol. The van der Waals surface area contributed by atoms with Crippen LogP contribution >= 0.6 is 11.6 Å². The Morgan fingerprint density at radius 1 is 1.20 bits per heavy atom. The Balaban J connectivity index is 2.24. The number of ether oxygens (including phenoxy) is 1. The van der Waals surface area contributed by atoms with Crippen molar-refractivity contribution >= 4 is 17.8 Å². The molecule has 2 N–H and O–H groups in total. The van der Waals surface area contributed by atoms with Crippen LogP contribution in [0.2, 0.25) is 5.02 Å². The molecule has 0 spiro atoms. The lowest BCUT2D eigenvalue weighted by Gasteiger charge is -2.26. The minimum atomic E-state index is 0.174. The number of rotatable bonds is 8. The molecule has 0 saturated carbocycles. The van der Waals surface area contributed by atoms with Crippen molar-refractivity contribution < 1.29 is 14.7 Å². The molecule has 0 heterocycles. The number of phenolic OH excluding ortho intramolecular Hbond substituents is 1. The molecular formula is C20H26ClN2O2+. The van der Waals surface area contributed by atoms with Crippen LogP contribution in [0.5, 0.6) is 11.5 Å². The molecule has 0 aliphatic heterocycles. The molecule has 0 fully saturated rings. The second-order valence-electron chi connectivity index (χ2n) is 5.86. The second-order valence-corrected chi connectivity index (χ2v) is 6.27. The molecule has 1 atom stereocenters. The lowest BCUT2D eigenvalue weighted by Crippen LogP contribution is -3.12. The lowest BCUT2D eigenvalue weighted by molar-refractivity contribution is -0.926. The third-order valence-corrected chi connectivity index (χ3v) is 4.78. The van der Waals surface area contributed by atoms with Gasteiger partial charge in [-0.05, 0) is 38.1 Å². The number of aromatic hydroxyl groups is 1. The fourth-order valence-corrected chi connectivity index (χ4v) is 3.23. The van der Waals surface area contributed by atoms with Gasteiger partial charge in [-0.3, -0.25) is 4.99 Å². The van der Waals surface area contributed by atoms with E-state index < -0.39 is 0 Å². The number of phenols is 1. The molecule has 0 unspecified atom stereocenters. The Morgan fingerprint density at radius 3 is 2.56 bits per heavy atom. The van der Waals surface area contributed by atoms with Gasteiger partial charge < -0.3 is 14.7 Å². The van der Waals surface area contributed by atoms with Crippen LogP contribution in [0.4, 0.5) is 0 Å². The van der Waals surface area contributed by atoms with Crippen LogP contribution in [0.1, 0.15) is 31.0 Å². The fourth-order valence-electron chi connectivity index (χ4n) is 2.97. The molecule has 0 saturated heterocycles. The summed E-state index contributed by atoms with van der Waals surface area (Å²) in [6.45, 7) is 6.91. The Kier molecular flexibility index (Phi) is 7.29. The molecule has 0 aromatic heterocycles. The summed E-state index contributed by atoms with van der Waals surface area (Å²) in [5.41, 5.74) is 1.75. The third kappa shape index (κ3) is 4.97. The number of nitrogens with one attached hydrogen (secondary N) is 1. The molecule has 134 valence electrons. The second kappa shape index (κ2) is 9.44. The zero-order chi connectivity index (χ0) is 18.2. The summed E-state index contributed by atoms with van der Waals surface area (Å²) < 4.78 is 5.20. The highest BCUT2D eigenvalue weighted by Gasteiger charge is 2.23. The fraction of sp³-hybridized carbons (Fsp3) is 0.350. The molecular weight excluding hydrogens is 336 g/mol. The number of hydrogen-bond acceptors (Lipinski definition) is 3. The zero-order valence-electron chi connectivity index (χ0n) is 15.0. The first-order valence-electron chi connectivity index (χ1n) is 8.56. The van der Waals surface area contributed by atoms with Gasteiger partial charge in [0.15, 0.2) is 0 Å². The van der Waals surface area contributed by atoms with E-state index in [1.165, 1.54) is 4.90 Å². The summed E-state index contributed by atoms with van der Waals surface area (Å²) in [4.78, 5) is 6.01. The normalized spacial score (nSPS) is 12.7. The van der Waals surface area contributed by atoms with E-state index in [1.807, 2.05) is 18.2 Å². The lowest BCUT2D eigenvalue weighted by atomic mass is 10.0. The highest BCUT2D eigenvalue weighted by atomic mass is 35.5. The maximum atomic E-state index is 9.99. The Hall–Kier alpha value is -2.04. The van der Waals surface area contributed by atoms with Gasteiger partial charge in [-0.25, -0.2) is 0 Å². The summed E-state index contributed by atoms with van der Waals surface area (Å²) in [6, 6.07) is 13.2. The molecule has 0 aliphatic carbocycles. The van der Waals surface area contributed by atoms with Crippen molar-refractivity contribution in [3.63, 3.8) is 0 Å². The smallest absolute Gasteiger partial charge is 0.134 e. The van der Waals surface area contributed by atoms with E-state index in [0.717, 1.165) is 23.7 Å². The number of aliphatic imine (C=N–C) groups is 1. The quantitative estimate of drug-likeness (QED) is 0.709. The maximum absolute atomic E-state index is 9.99. The first-order valence-corrected chi connectivity index (χ1v) is 8.94. The minimum absolute atomic E-state index is 0.174. The van der Waals surface area contributed by atoms with Gasteiger partial charge in [-0.15, -0.1) is 0 Å². The van der Waals surface area contributed by atoms with Crippen molar-refractivity contribution in [1.82, 2.24) is 0 Å². The van der Waals surface area contributed by atoms with Crippen molar-refractivity contribution in [2.45, 2.75) is 19.9 Å². The summed E-state index contributed by atoms with van der Waals surface area (Å²) in [7, 11) is 1.60. The molecule has 2 aromatic carbocycles. The molecule has 4 nitrogen and oxygen atoms in total. The summed E-state index contributed by atoms with van der Waals surface area (Å²) >= 11 is 6.42. The van der Waals surface area contributed by atoms with Crippen LogP contribution in [-0.4, -0.2) is 38.1 Å². The monoisotopic (exact) mass is 361 g/mol. The van der Waals surface area contributed by atoms with E-state index in [4.69, 9.17) is 16.3 Å². The minimum Gasteiger partial charge on any atom is -0.507 e. The highest BCUT2D eigenvalue weighted by molar-refractivity contribution is 6.31. The van der Waals surface area contributed by atoms with Crippen molar-refractivity contribution in [2.24, 2.45) is 4.99 Å². The Bertz CT molecular complexity index is 715. The SMILES string of the molecule is CC[NH+](CC)[C@H](CN=Cc1cc(OC)ccc1O)c1ccccc1Cl. The summed E-state index contributed by atoms with van der Waals surface area (Å²) in [6.07, 6.45) is 1.70. The van der Waals surface area contributed by atoms with Crippen LogP contribution in [0.25, 0.3) is 0 Å². The van der Waals surface area contributed by atoms with Crippen LogP contribution in [0.15, 0.2) is 47.5 Å². The van der Waals surface area contributed by atoms with Gasteiger partial charge in [-0.2, -0.15) is 0 Å². The number of nitrogens with zero attached hydrogens (tertiary/aromatic N) is 1. The molecule has 0 radical (unpaired) electrons. The van der Waals surface area contributed by atoms with E-state index in [-0.39, 0.29) is 11.8 Å². The highest BCUT2D eigenvalue weighted by Crippen LogP contribution is 2.23. The molecule has 0 bridgehead atoms. The Labute approximate surface area is 154 Å². The first kappa shape index (κ1) is 19.3. The van der Waals surface area contributed by atoms with E-state index in [9.17, 15) is 5.11 Å². The topological polar surface area (TPSA) is 46.3 Å². The third-order valence-electron chi connectivity index (χ3n) is 4.43. The summed E-state index contributed by atoms with van der Waals surface area (Å²) in [5, 5.41) is 10.8. The molecule has 0 aliphatic rings. The van der Waals surface area contributed by atoms with E-state index >= 15 is 0 Å². The summed E-state index contributed by atoms with van der Waals surface area (Å²) in [5.74, 6) is 0.880. The Morgan fingerprint density at radius 2 is 1.92 bits per heavy atom. The standard InChI is InChI=1S/C20H25ClN2O2/c1-4-23(5-2)19(17-8-6-7-9-18(17)21)14-22-13-15-12-16(25-3)10-11-20(15)24/h6-13,19,24H,4-5,14H2,1-3H3/p+1/t19-/m1/s1. The van der Waals surface area contributed by atoms with Crippen LogP contribution in [0.3, 0.4) is 0 Å². The number of hydrogen-bond donors (Lipinski definition) is 2. The van der Waals surface area contributed by atoms with Crippen LogP contribution in [-0.2, 0) is 0 Å². The van der Waals surface area contributed by atoms with Gasteiger partial charge in [0, 0.05) is 22.4 Å². The molecule has 25 heavy (non-hydrogen) atoms. The number of benzene rings is 2. The van der Waals surface area contributed by atoms with Gasteiger partial charge in [-0.1, -0.05) is 29.8 Å². The van der Waals surface area contributed by atoms with Gasteiger partial charge in [0.1, 0.15) is 17.5 Å². The molecule has 0 amide bonds. The van der Waals surface area contributed by atoms with E-state index in [2.05, 4.69) is 24.9 Å². The number of methoxy groups -OCH3 is 1. The molecule has 2 rings (SSSR count). The van der Waals surface area contributed by atoms with Crippen molar-refractivity contribution in [3.05, 3.63) is 58.6 Å². The number of likely N-dealkylation sites (N-methyl/N-ethyl adjacent to an activating group) is 1. The predicted molar refractivity (Wildman–Crippen MR) is 103 cm³/mol. The first-order chi connectivity index (χ1) is 12.1. The molecule has 5 heteroatoms. The maximum Gasteiger partial charge on any atom is 0.134 e. The average Bonchev–Trinajstić information content (AvgIpc) is 2.63. The van der Waals surface area contributed by atoms with Crippen LogP contribution < -0.4 is 9.64 Å². The van der Waals surface area contributed by atoms with Crippen molar-refractivity contribution in [3.8, 4) is 11.5 Å². The van der Waals surface area contributed by atoms with Gasteiger partial charge in [0.25, 0.3) is 0 Å². The van der Waals surface area contributed by atoms with E-state index in [0.29, 0.717) is 17.9 Å². The largest absolute Gasteiger partial charge is 0.507 e. The van der Waals surface area contributed by atoms with Crippen molar-refractivity contribution in [2.75, 3.05) is 26.7 Å². The zero-order valence-corrected chi connectivity index (χ0v) is 15.8. The number of quaternary nitrogens is 1. The van der Waals surface area contributed by atoms with Crippen LogP contribution in [0, 0.1) is 0 Å².